The highest BCUT2D eigenvalue weighted by Gasteiger charge is 2.47. The van der Waals surface area contributed by atoms with Crippen LogP contribution < -0.4 is 0 Å². The van der Waals surface area contributed by atoms with Crippen molar-refractivity contribution in [1.82, 2.24) is 4.90 Å². The zero-order valence-corrected chi connectivity index (χ0v) is 13.6. The first-order chi connectivity index (χ1) is 11.5. The summed E-state index contributed by atoms with van der Waals surface area (Å²) in [5.41, 5.74) is 1.75. The molecule has 24 heavy (non-hydrogen) atoms. The Morgan fingerprint density at radius 2 is 1.96 bits per heavy atom. The largest absolute Gasteiger partial charge is 0.341 e. The van der Waals surface area contributed by atoms with Gasteiger partial charge in [-0.05, 0) is 48.2 Å². The number of hydrogen-bond donors (Lipinski definition) is 0. The molecule has 0 unspecified atom stereocenters. The van der Waals surface area contributed by atoms with Gasteiger partial charge >= 0.3 is 0 Å². The van der Waals surface area contributed by atoms with E-state index in [1.165, 1.54) is 12.1 Å². The highest BCUT2D eigenvalue weighted by atomic mass is 19.1. The normalized spacial score (nSPS) is 15.2. The van der Waals surface area contributed by atoms with Crippen LogP contribution in [0.4, 0.5) is 4.39 Å². The summed E-state index contributed by atoms with van der Waals surface area (Å²) in [6.45, 7) is 0.474. The molecular weight excluding hydrogens is 303 g/mol. The molecular formula is C20H19FN2O. The smallest absolute Gasteiger partial charge is 0.233 e. The molecule has 2 aromatic rings. The van der Waals surface area contributed by atoms with Gasteiger partial charge in [-0.1, -0.05) is 30.7 Å². The van der Waals surface area contributed by atoms with Crippen molar-refractivity contribution in [2.45, 2.75) is 31.2 Å². The molecule has 1 aliphatic carbocycles. The summed E-state index contributed by atoms with van der Waals surface area (Å²) in [6.07, 6.45) is 2.49. The summed E-state index contributed by atoms with van der Waals surface area (Å²) < 4.78 is 13.6. The van der Waals surface area contributed by atoms with Crippen molar-refractivity contribution in [3.63, 3.8) is 0 Å². The first kappa shape index (κ1) is 16.2. The van der Waals surface area contributed by atoms with Gasteiger partial charge in [0.1, 0.15) is 5.82 Å². The van der Waals surface area contributed by atoms with E-state index in [9.17, 15) is 9.18 Å². The molecule has 0 bridgehead atoms. The number of hydrogen-bond acceptors (Lipinski definition) is 2. The van der Waals surface area contributed by atoms with Crippen LogP contribution in [0.3, 0.4) is 0 Å². The van der Waals surface area contributed by atoms with Gasteiger partial charge in [-0.15, -0.1) is 0 Å². The number of nitriles is 1. The molecule has 0 saturated heterocycles. The zero-order valence-electron chi connectivity index (χ0n) is 13.6. The number of carbonyl (C=O) groups excluding carboxylic acids is 1. The minimum Gasteiger partial charge on any atom is -0.341 e. The van der Waals surface area contributed by atoms with Crippen molar-refractivity contribution in [3.05, 3.63) is 71.0 Å². The van der Waals surface area contributed by atoms with Gasteiger partial charge in [0.05, 0.1) is 17.0 Å². The molecule has 0 heterocycles. The molecule has 1 saturated carbocycles. The van der Waals surface area contributed by atoms with Crippen LogP contribution in [-0.4, -0.2) is 17.9 Å². The van der Waals surface area contributed by atoms with E-state index in [1.54, 1.807) is 30.1 Å². The van der Waals surface area contributed by atoms with Crippen molar-refractivity contribution in [1.29, 1.82) is 5.26 Å². The van der Waals surface area contributed by atoms with Crippen LogP contribution in [0.25, 0.3) is 0 Å². The van der Waals surface area contributed by atoms with Gasteiger partial charge < -0.3 is 4.90 Å². The maximum absolute atomic E-state index is 13.6. The van der Waals surface area contributed by atoms with E-state index >= 15 is 0 Å². The number of amides is 1. The Balaban J connectivity index is 1.79. The lowest BCUT2D eigenvalue weighted by Crippen LogP contribution is -2.49. The van der Waals surface area contributed by atoms with Crippen molar-refractivity contribution in [2.24, 2.45) is 0 Å². The number of benzene rings is 2. The summed E-state index contributed by atoms with van der Waals surface area (Å²) in [7, 11) is 1.78. The Hall–Kier alpha value is -2.67. The van der Waals surface area contributed by atoms with Crippen molar-refractivity contribution in [2.75, 3.05) is 7.05 Å². The topological polar surface area (TPSA) is 44.1 Å². The van der Waals surface area contributed by atoms with Gasteiger partial charge in [0.15, 0.2) is 0 Å². The van der Waals surface area contributed by atoms with Crippen LogP contribution in [0.5, 0.6) is 0 Å². The standard InChI is InChI=1S/C20H19FN2O/c1-23(14-16-8-6-15(13-22)7-9-16)19(24)20(10-3-11-20)17-4-2-5-18(21)12-17/h2,4-9,12H,3,10-11,14H2,1H3. The lowest BCUT2D eigenvalue weighted by Gasteiger charge is -2.43. The Morgan fingerprint density at radius 1 is 1.25 bits per heavy atom. The van der Waals surface area contributed by atoms with Crippen LogP contribution in [-0.2, 0) is 16.8 Å². The number of nitrogens with zero attached hydrogens (tertiary/aromatic N) is 2. The summed E-state index contributed by atoms with van der Waals surface area (Å²) in [5.74, 6) is -0.273. The van der Waals surface area contributed by atoms with Gasteiger partial charge in [0.25, 0.3) is 0 Å². The molecule has 0 radical (unpaired) electrons. The maximum atomic E-state index is 13.6. The summed E-state index contributed by atoms with van der Waals surface area (Å²) >= 11 is 0. The van der Waals surface area contributed by atoms with E-state index in [2.05, 4.69) is 6.07 Å². The molecule has 0 N–H and O–H groups in total. The minimum absolute atomic E-state index is 0.0312. The number of likely N-dealkylation sites (N-methyl/N-ethyl adjacent to an activating group) is 1. The van der Waals surface area contributed by atoms with E-state index < -0.39 is 5.41 Å². The van der Waals surface area contributed by atoms with Crippen molar-refractivity contribution >= 4 is 5.91 Å². The van der Waals surface area contributed by atoms with E-state index in [-0.39, 0.29) is 11.7 Å². The fraction of sp³-hybridized carbons (Fsp3) is 0.300. The summed E-state index contributed by atoms with van der Waals surface area (Å²) in [5, 5.41) is 8.85. The van der Waals surface area contributed by atoms with Gasteiger partial charge in [-0.25, -0.2) is 4.39 Å². The van der Waals surface area contributed by atoms with Crippen LogP contribution in [0.2, 0.25) is 0 Å². The number of halogens is 1. The van der Waals surface area contributed by atoms with E-state index in [0.717, 1.165) is 30.4 Å². The third kappa shape index (κ3) is 2.90. The number of rotatable bonds is 4. The molecule has 2 aromatic carbocycles. The first-order valence-electron chi connectivity index (χ1n) is 8.06. The van der Waals surface area contributed by atoms with Gasteiger partial charge in [0.2, 0.25) is 5.91 Å². The molecule has 4 heteroatoms. The molecule has 0 atom stereocenters. The molecule has 0 aromatic heterocycles. The molecule has 0 spiro atoms. The fourth-order valence-electron chi connectivity index (χ4n) is 3.34. The average molecular weight is 322 g/mol. The Labute approximate surface area is 141 Å². The summed E-state index contributed by atoms with van der Waals surface area (Å²) in [4.78, 5) is 14.7. The van der Waals surface area contributed by atoms with E-state index in [0.29, 0.717) is 12.1 Å². The highest BCUT2D eigenvalue weighted by molar-refractivity contribution is 5.89. The van der Waals surface area contributed by atoms with Gasteiger partial charge in [-0.3, -0.25) is 4.79 Å². The molecule has 1 fully saturated rings. The quantitative estimate of drug-likeness (QED) is 0.860. The molecule has 3 rings (SSSR count). The average Bonchev–Trinajstić information content (AvgIpc) is 2.54. The van der Waals surface area contributed by atoms with Crippen LogP contribution in [0, 0.1) is 17.1 Å². The Bertz CT molecular complexity index is 788. The lowest BCUT2D eigenvalue weighted by atomic mass is 9.63. The molecule has 122 valence electrons. The zero-order chi connectivity index (χ0) is 17.2. The van der Waals surface area contributed by atoms with Crippen molar-refractivity contribution < 1.29 is 9.18 Å². The minimum atomic E-state index is -0.594. The Morgan fingerprint density at radius 3 is 2.50 bits per heavy atom. The lowest BCUT2D eigenvalue weighted by molar-refractivity contribution is -0.140. The van der Waals surface area contributed by atoms with Crippen LogP contribution >= 0.6 is 0 Å². The second-order valence-electron chi connectivity index (χ2n) is 6.42. The maximum Gasteiger partial charge on any atom is 0.233 e. The van der Waals surface area contributed by atoms with E-state index in [4.69, 9.17) is 5.26 Å². The van der Waals surface area contributed by atoms with Gasteiger partial charge in [-0.2, -0.15) is 5.26 Å². The predicted octanol–water partition coefficient (Wildman–Crippen LogP) is 3.78. The monoisotopic (exact) mass is 322 g/mol. The fourth-order valence-corrected chi connectivity index (χ4v) is 3.34. The SMILES string of the molecule is CN(Cc1ccc(C#N)cc1)C(=O)C1(c2cccc(F)c2)CCC1. The second kappa shape index (κ2) is 6.45. The Kier molecular flexibility index (Phi) is 4.35. The van der Waals surface area contributed by atoms with E-state index in [1.807, 2.05) is 18.2 Å². The third-order valence-electron chi connectivity index (χ3n) is 4.84. The van der Waals surface area contributed by atoms with Crippen molar-refractivity contribution in [3.8, 4) is 6.07 Å². The molecule has 1 amide bonds. The molecule has 1 aliphatic rings. The first-order valence-corrected chi connectivity index (χ1v) is 8.06. The second-order valence-corrected chi connectivity index (χ2v) is 6.42. The third-order valence-corrected chi connectivity index (χ3v) is 4.84. The van der Waals surface area contributed by atoms with Gasteiger partial charge in [0, 0.05) is 13.6 Å². The molecule has 3 nitrogen and oxygen atoms in total. The van der Waals surface area contributed by atoms with Crippen LogP contribution in [0.1, 0.15) is 36.0 Å². The number of carbonyl (C=O) groups is 1. The van der Waals surface area contributed by atoms with Crippen LogP contribution in [0.15, 0.2) is 48.5 Å². The summed E-state index contributed by atoms with van der Waals surface area (Å²) in [6, 6.07) is 15.7. The predicted molar refractivity (Wildman–Crippen MR) is 89.6 cm³/mol. The highest BCUT2D eigenvalue weighted by Crippen LogP contribution is 2.45. The molecule has 0 aliphatic heterocycles.